The van der Waals surface area contributed by atoms with E-state index < -0.39 is 5.91 Å². The molecule has 0 saturated carbocycles. The van der Waals surface area contributed by atoms with Gasteiger partial charge < -0.3 is 15.0 Å². The van der Waals surface area contributed by atoms with Crippen molar-refractivity contribution in [2.75, 3.05) is 36.5 Å². The van der Waals surface area contributed by atoms with Crippen LogP contribution in [0.15, 0.2) is 42.2 Å². The summed E-state index contributed by atoms with van der Waals surface area (Å²) in [4.78, 5) is 23.0. The fourth-order valence-corrected chi connectivity index (χ4v) is 2.55. The van der Waals surface area contributed by atoms with Gasteiger partial charge in [0, 0.05) is 36.7 Å². The molecule has 0 atom stereocenters. The SMILES string of the molecule is Cc1ccccc1NC(=O)/C(C#N)=C/c1cnc(N2CCOCC2)nc1. The number of rotatable bonds is 4. The number of nitrogens with one attached hydrogen (secondary N) is 1. The lowest BCUT2D eigenvalue weighted by Gasteiger charge is -2.26. The van der Waals surface area contributed by atoms with Crippen molar-refractivity contribution in [2.45, 2.75) is 6.92 Å². The largest absolute Gasteiger partial charge is 0.378 e. The molecule has 2 aromatic rings. The van der Waals surface area contributed by atoms with Gasteiger partial charge in [-0.05, 0) is 24.6 Å². The van der Waals surface area contributed by atoms with Crippen molar-refractivity contribution in [2.24, 2.45) is 0 Å². The number of aryl methyl sites for hydroxylation is 1. The van der Waals surface area contributed by atoms with Gasteiger partial charge in [-0.3, -0.25) is 4.79 Å². The minimum atomic E-state index is -0.459. The standard InChI is InChI=1S/C19H19N5O2/c1-14-4-2-3-5-17(14)23-18(25)16(11-20)10-15-12-21-19(22-13-15)24-6-8-26-9-7-24/h2-5,10,12-13H,6-9H2,1H3,(H,23,25)/b16-10+. The molecule has 0 radical (unpaired) electrons. The van der Waals surface area contributed by atoms with Gasteiger partial charge in [0.2, 0.25) is 5.95 Å². The van der Waals surface area contributed by atoms with Crippen LogP contribution in [0.25, 0.3) is 6.08 Å². The second-order valence-electron chi connectivity index (χ2n) is 5.85. The van der Waals surface area contributed by atoms with Crippen molar-refractivity contribution in [1.82, 2.24) is 9.97 Å². The number of nitriles is 1. The molecular weight excluding hydrogens is 330 g/mol. The summed E-state index contributed by atoms with van der Waals surface area (Å²) >= 11 is 0. The highest BCUT2D eigenvalue weighted by Gasteiger charge is 2.14. The monoisotopic (exact) mass is 349 g/mol. The van der Waals surface area contributed by atoms with Gasteiger partial charge in [-0.25, -0.2) is 9.97 Å². The Morgan fingerprint density at radius 2 is 1.96 bits per heavy atom. The normalized spacial score (nSPS) is 14.6. The third kappa shape index (κ3) is 4.23. The number of benzene rings is 1. The van der Waals surface area contributed by atoms with Gasteiger partial charge in [0.15, 0.2) is 0 Å². The van der Waals surface area contributed by atoms with Crippen LogP contribution in [0.2, 0.25) is 0 Å². The number of amides is 1. The minimum Gasteiger partial charge on any atom is -0.378 e. The van der Waals surface area contributed by atoms with E-state index in [-0.39, 0.29) is 5.57 Å². The first-order valence-corrected chi connectivity index (χ1v) is 8.31. The first kappa shape index (κ1) is 17.6. The number of anilines is 2. The average molecular weight is 349 g/mol. The fourth-order valence-electron chi connectivity index (χ4n) is 2.55. The van der Waals surface area contributed by atoms with E-state index in [2.05, 4.69) is 15.3 Å². The summed E-state index contributed by atoms with van der Waals surface area (Å²) in [6.07, 6.45) is 4.70. The number of hydrogen-bond donors (Lipinski definition) is 1. The number of carbonyl (C=O) groups excluding carboxylic acids is 1. The summed E-state index contributed by atoms with van der Waals surface area (Å²) in [6, 6.07) is 9.34. The van der Waals surface area contributed by atoms with E-state index in [9.17, 15) is 10.1 Å². The molecule has 0 bridgehead atoms. The Morgan fingerprint density at radius 1 is 1.27 bits per heavy atom. The predicted octanol–water partition coefficient (Wildman–Crippen LogP) is 2.17. The molecule has 1 amide bonds. The van der Waals surface area contributed by atoms with Gasteiger partial charge in [-0.1, -0.05) is 18.2 Å². The zero-order chi connectivity index (χ0) is 18.4. The summed E-state index contributed by atoms with van der Waals surface area (Å²) in [6.45, 7) is 4.70. The van der Waals surface area contributed by atoms with Crippen molar-refractivity contribution < 1.29 is 9.53 Å². The van der Waals surface area contributed by atoms with Gasteiger partial charge in [0.05, 0.1) is 13.2 Å². The zero-order valence-corrected chi connectivity index (χ0v) is 14.5. The molecule has 2 heterocycles. The molecular formula is C19H19N5O2. The number of ether oxygens (including phenoxy) is 1. The minimum absolute atomic E-state index is 0.00373. The van der Waals surface area contributed by atoms with E-state index >= 15 is 0 Å². The number of aromatic nitrogens is 2. The molecule has 1 aromatic carbocycles. The number of morpholine rings is 1. The molecule has 0 unspecified atom stereocenters. The number of nitrogens with zero attached hydrogens (tertiary/aromatic N) is 4. The number of carbonyl (C=O) groups is 1. The van der Waals surface area contributed by atoms with E-state index in [4.69, 9.17) is 4.74 Å². The summed E-state index contributed by atoms with van der Waals surface area (Å²) in [5, 5.41) is 12.1. The predicted molar refractivity (Wildman–Crippen MR) is 98.5 cm³/mol. The highest BCUT2D eigenvalue weighted by molar-refractivity contribution is 6.09. The molecule has 0 spiro atoms. The fraction of sp³-hybridized carbons (Fsp3) is 0.263. The molecule has 1 saturated heterocycles. The second kappa shape index (κ2) is 8.23. The molecule has 132 valence electrons. The number of para-hydroxylation sites is 1. The third-order valence-corrected chi connectivity index (χ3v) is 4.02. The van der Waals surface area contributed by atoms with Crippen molar-refractivity contribution in [3.63, 3.8) is 0 Å². The molecule has 7 nitrogen and oxygen atoms in total. The summed E-state index contributed by atoms with van der Waals surface area (Å²) < 4.78 is 5.31. The molecule has 7 heteroatoms. The lowest BCUT2D eigenvalue weighted by molar-refractivity contribution is -0.112. The molecule has 1 aliphatic heterocycles. The summed E-state index contributed by atoms with van der Waals surface area (Å²) in [5.41, 5.74) is 2.20. The Labute approximate surface area is 151 Å². The smallest absolute Gasteiger partial charge is 0.266 e. The van der Waals surface area contributed by atoms with Gasteiger partial charge in [0.1, 0.15) is 11.6 Å². The maximum atomic E-state index is 12.3. The summed E-state index contributed by atoms with van der Waals surface area (Å²) in [7, 11) is 0. The van der Waals surface area contributed by atoms with Gasteiger partial charge in [-0.15, -0.1) is 0 Å². The van der Waals surface area contributed by atoms with E-state index in [0.29, 0.717) is 30.4 Å². The average Bonchev–Trinajstić information content (AvgIpc) is 2.69. The van der Waals surface area contributed by atoms with Crippen LogP contribution >= 0.6 is 0 Å². The Balaban J connectivity index is 1.73. The topological polar surface area (TPSA) is 91.1 Å². The van der Waals surface area contributed by atoms with Gasteiger partial charge >= 0.3 is 0 Å². The molecule has 1 fully saturated rings. The van der Waals surface area contributed by atoms with Crippen LogP contribution in [0.1, 0.15) is 11.1 Å². The maximum absolute atomic E-state index is 12.3. The Bertz CT molecular complexity index is 849. The van der Waals surface area contributed by atoms with Crippen molar-refractivity contribution in [3.8, 4) is 6.07 Å². The van der Waals surface area contributed by atoms with Crippen LogP contribution < -0.4 is 10.2 Å². The van der Waals surface area contributed by atoms with Crippen molar-refractivity contribution in [1.29, 1.82) is 5.26 Å². The van der Waals surface area contributed by atoms with E-state index in [1.807, 2.05) is 36.1 Å². The molecule has 26 heavy (non-hydrogen) atoms. The first-order chi connectivity index (χ1) is 12.7. The third-order valence-electron chi connectivity index (χ3n) is 4.02. The lowest BCUT2D eigenvalue weighted by Crippen LogP contribution is -2.37. The van der Waals surface area contributed by atoms with Crippen molar-refractivity contribution in [3.05, 3.63) is 53.4 Å². The van der Waals surface area contributed by atoms with Crippen LogP contribution in [0.5, 0.6) is 0 Å². The maximum Gasteiger partial charge on any atom is 0.266 e. The first-order valence-electron chi connectivity index (χ1n) is 8.31. The van der Waals surface area contributed by atoms with Gasteiger partial charge in [-0.2, -0.15) is 5.26 Å². The van der Waals surface area contributed by atoms with E-state index in [1.165, 1.54) is 6.08 Å². The van der Waals surface area contributed by atoms with Crippen LogP contribution in [-0.2, 0) is 9.53 Å². The van der Waals surface area contributed by atoms with Crippen molar-refractivity contribution >= 4 is 23.6 Å². The van der Waals surface area contributed by atoms with Gasteiger partial charge in [0.25, 0.3) is 5.91 Å². The highest BCUT2D eigenvalue weighted by Crippen LogP contribution is 2.16. The second-order valence-corrected chi connectivity index (χ2v) is 5.85. The molecule has 0 aliphatic carbocycles. The van der Waals surface area contributed by atoms with E-state index in [1.54, 1.807) is 18.5 Å². The zero-order valence-electron chi connectivity index (χ0n) is 14.5. The van der Waals surface area contributed by atoms with Crippen LogP contribution in [0, 0.1) is 18.3 Å². The Hall–Kier alpha value is -3.24. The number of hydrogen-bond acceptors (Lipinski definition) is 6. The van der Waals surface area contributed by atoms with Crippen LogP contribution in [-0.4, -0.2) is 42.2 Å². The highest BCUT2D eigenvalue weighted by atomic mass is 16.5. The quantitative estimate of drug-likeness (QED) is 0.672. The molecule has 1 aliphatic rings. The molecule has 3 rings (SSSR count). The summed E-state index contributed by atoms with van der Waals surface area (Å²) in [5.74, 6) is 0.160. The van der Waals surface area contributed by atoms with Crippen LogP contribution in [0.4, 0.5) is 11.6 Å². The Kier molecular flexibility index (Phi) is 5.56. The Morgan fingerprint density at radius 3 is 2.62 bits per heavy atom. The van der Waals surface area contributed by atoms with E-state index in [0.717, 1.165) is 18.7 Å². The van der Waals surface area contributed by atoms with Crippen LogP contribution in [0.3, 0.4) is 0 Å². The molecule has 1 aromatic heterocycles. The lowest BCUT2D eigenvalue weighted by atomic mass is 10.1. The molecule has 1 N–H and O–H groups in total.